The van der Waals surface area contributed by atoms with Gasteiger partial charge in [-0.2, -0.15) is 25.9 Å². The van der Waals surface area contributed by atoms with Gasteiger partial charge in [0.2, 0.25) is 5.91 Å². The van der Waals surface area contributed by atoms with Crippen molar-refractivity contribution in [2.24, 2.45) is 21.2 Å². The number of hydrogen-bond acceptors (Lipinski definition) is 9. The number of carbonyl (C=O) groups is 2. The SMILES string of the molecule is COC(=O)C(C#N)C(=N)C(C#N)N=Nc1ccc(C2=NNC(=O)CC2)cc1. The average Bonchev–Trinajstić information content (AvgIpc) is 2.70. The molecule has 1 aliphatic heterocycles. The molecule has 1 aromatic carbocycles. The molecule has 10 heteroatoms. The zero-order valence-electron chi connectivity index (χ0n) is 14.3. The molecule has 1 amide bonds. The van der Waals surface area contributed by atoms with Crippen LogP contribution in [0.3, 0.4) is 0 Å². The number of methoxy groups -OCH3 is 1. The summed E-state index contributed by atoms with van der Waals surface area (Å²) in [4.78, 5) is 22.6. The molecule has 2 atom stereocenters. The molecule has 0 bridgehead atoms. The van der Waals surface area contributed by atoms with Crippen LogP contribution in [-0.4, -0.2) is 36.5 Å². The van der Waals surface area contributed by atoms with Crippen LogP contribution in [-0.2, 0) is 14.3 Å². The molecule has 1 aromatic rings. The maximum atomic E-state index is 11.5. The summed E-state index contributed by atoms with van der Waals surface area (Å²) in [6, 6.07) is 8.72. The summed E-state index contributed by atoms with van der Waals surface area (Å²) in [6.45, 7) is 0. The molecule has 2 N–H and O–H groups in total. The number of rotatable bonds is 6. The monoisotopic (exact) mass is 365 g/mol. The topological polar surface area (TPSA) is 164 Å². The molecule has 2 rings (SSSR count). The second kappa shape index (κ2) is 8.97. The number of amides is 1. The summed E-state index contributed by atoms with van der Waals surface area (Å²) in [5, 5.41) is 37.6. The van der Waals surface area contributed by atoms with Crippen molar-refractivity contribution < 1.29 is 14.3 Å². The second-order valence-corrected chi connectivity index (χ2v) is 5.43. The van der Waals surface area contributed by atoms with E-state index in [1.807, 2.05) is 0 Å². The van der Waals surface area contributed by atoms with Crippen molar-refractivity contribution in [3.8, 4) is 12.1 Å². The van der Waals surface area contributed by atoms with Crippen molar-refractivity contribution in [3.63, 3.8) is 0 Å². The molecule has 0 radical (unpaired) electrons. The number of nitrogens with one attached hydrogen (secondary N) is 2. The lowest BCUT2D eigenvalue weighted by Crippen LogP contribution is -2.30. The van der Waals surface area contributed by atoms with Crippen LogP contribution < -0.4 is 5.43 Å². The van der Waals surface area contributed by atoms with Gasteiger partial charge < -0.3 is 10.1 Å². The van der Waals surface area contributed by atoms with Crippen LogP contribution in [0.2, 0.25) is 0 Å². The van der Waals surface area contributed by atoms with Gasteiger partial charge in [0, 0.05) is 12.8 Å². The van der Waals surface area contributed by atoms with E-state index in [0.29, 0.717) is 18.5 Å². The molecule has 136 valence electrons. The van der Waals surface area contributed by atoms with Gasteiger partial charge in [0.15, 0.2) is 12.0 Å². The first-order valence-corrected chi connectivity index (χ1v) is 7.82. The van der Waals surface area contributed by atoms with E-state index in [1.54, 1.807) is 36.4 Å². The van der Waals surface area contributed by atoms with Crippen LogP contribution in [0.25, 0.3) is 0 Å². The summed E-state index contributed by atoms with van der Waals surface area (Å²) in [5.41, 5.74) is 3.89. The number of esters is 1. The summed E-state index contributed by atoms with van der Waals surface area (Å²) < 4.78 is 4.44. The van der Waals surface area contributed by atoms with Gasteiger partial charge in [-0.1, -0.05) is 12.1 Å². The van der Waals surface area contributed by atoms with Crippen molar-refractivity contribution in [2.75, 3.05) is 7.11 Å². The maximum Gasteiger partial charge on any atom is 0.329 e. The van der Waals surface area contributed by atoms with Crippen molar-refractivity contribution in [1.82, 2.24) is 5.43 Å². The highest BCUT2D eigenvalue weighted by Crippen LogP contribution is 2.18. The van der Waals surface area contributed by atoms with Crippen molar-refractivity contribution in [3.05, 3.63) is 29.8 Å². The zero-order valence-corrected chi connectivity index (χ0v) is 14.3. The Morgan fingerprint density at radius 1 is 1.30 bits per heavy atom. The molecule has 0 aromatic heterocycles. The fraction of sp³-hybridized carbons (Fsp3) is 0.294. The molecule has 2 unspecified atom stereocenters. The van der Waals surface area contributed by atoms with Gasteiger partial charge >= 0.3 is 5.97 Å². The van der Waals surface area contributed by atoms with E-state index in [0.717, 1.165) is 18.4 Å². The lowest BCUT2D eigenvalue weighted by atomic mass is 10.00. The largest absolute Gasteiger partial charge is 0.468 e. The van der Waals surface area contributed by atoms with Crippen LogP contribution >= 0.6 is 0 Å². The number of nitrogens with zero attached hydrogens (tertiary/aromatic N) is 5. The third-order valence-electron chi connectivity index (χ3n) is 3.69. The first-order chi connectivity index (χ1) is 13.0. The number of carbonyl (C=O) groups excluding carboxylic acids is 2. The lowest BCUT2D eigenvalue weighted by Gasteiger charge is -2.12. The highest BCUT2D eigenvalue weighted by Gasteiger charge is 2.30. The maximum absolute atomic E-state index is 11.5. The second-order valence-electron chi connectivity index (χ2n) is 5.43. The molecule has 0 aliphatic carbocycles. The molecule has 10 nitrogen and oxygen atoms in total. The molecule has 0 saturated carbocycles. The number of hydrogen-bond donors (Lipinski definition) is 2. The van der Waals surface area contributed by atoms with Crippen LogP contribution in [0.15, 0.2) is 39.6 Å². The van der Waals surface area contributed by atoms with E-state index in [-0.39, 0.29) is 5.91 Å². The Morgan fingerprint density at radius 3 is 2.52 bits per heavy atom. The fourth-order valence-corrected chi connectivity index (χ4v) is 2.21. The number of benzene rings is 1. The third kappa shape index (κ3) is 4.80. The Labute approximate surface area is 154 Å². The van der Waals surface area contributed by atoms with Gasteiger partial charge in [-0.3, -0.25) is 9.59 Å². The predicted octanol–water partition coefficient (Wildman–Crippen LogP) is 1.61. The van der Waals surface area contributed by atoms with Gasteiger partial charge in [0.05, 0.1) is 36.4 Å². The Bertz CT molecular complexity index is 891. The third-order valence-corrected chi connectivity index (χ3v) is 3.69. The van der Waals surface area contributed by atoms with Crippen LogP contribution in [0.4, 0.5) is 5.69 Å². The zero-order chi connectivity index (χ0) is 19.8. The Hall–Kier alpha value is -3.92. The standard InChI is InChI=1S/C17H15N7O3/c1-27-17(26)12(8-18)16(20)14(9-19)23-21-11-4-2-10(3-5-11)13-6-7-15(25)24-22-13/h2-5,12,14,20H,6-7H2,1H3,(H,24,25). The molecule has 0 saturated heterocycles. The summed E-state index contributed by atoms with van der Waals surface area (Å²) in [6.07, 6.45) is 0.899. The first kappa shape index (κ1) is 19.4. The minimum atomic E-state index is -1.51. The van der Waals surface area contributed by atoms with E-state index in [4.69, 9.17) is 15.9 Å². The molecule has 1 aliphatic rings. The van der Waals surface area contributed by atoms with Gasteiger partial charge in [0.25, 0.3) is 0 Å². The summed E-state index contributed by atoms with van der Waals surface area (Å²) in [5.74, 6) is -2.57. The van der Waals surface area contributed by atoms with E-state index in [2.05, 4.69) is 25.5 Å². The van der Waals surface area contributed by atoms with Gasteiger partial charge in [-0.15, -0.1) is 0 Å². The number of nitriles is 2. The lowest BCUT2D eigenvalue weighted by molar-refractivity contribution is -0.141. The minimum Gasteiger partial charge on any atom is -0.468 e. The smallest absolute Gasteiger partial charge is 0.329 e. The van der Waals surface area contributed by atoms with E-state index in [1.165, 1.54) is 0 Å². The first-order valence-electron chi connectivity index (χ1n) is 7.82. The number of azo groups is 1. The van der Waals surface area contributed by atoms with E-state index >= 15 is 0 Å². The number of hydrazone groups is 1. The highest BCUT2D eigenvalue weighted by molar-refractivity contribution is 6.07. The normalized spacial score (nSPS) is 15.7. The van der Waals surface area contributed by atoms with Gasteiger partial charge in [0.1, 0.15) is 0 Å². The summed E-state index contributed by atoms with van der Waals surface area (Å²) in [7, 11) is 1.09. The average molecular weight is 365 g/mol. The van der Waals surface area contributed by atoms with Crippen LogP contribution in [0, 0.1) is 34.0 Å². The predicted molar refractivity (Wildman–Crippen MR) is 93.1 cm³/mol. The van der Waals surface area contributed by atoms with Crippen molar-refractivity contribution in [2.45, 2.75) is 18.9 Å². The van der Waals surface area contributed by atoms with E-state index < -0.39 is 23.6 Å². The summed E-state index contributed by atoms with van der Waals surface area (Å²) >= 11 is 0. The molecular weight excluding hydrogens is 350 g/mol. The number of ether oxygens (including phenoxy) is 1. The molecule has 1 heterocycles. The van der Waals surface area contributed by atoms with E-state index in [9.17, 15) is 9.59 Å². The van der Waals surface area contributed by atoms with Crippen molar-refractivity contribution in [1.29, 1.82) is 15.9 Å². The van der Waals surface area contributed by atoms with Gasteiger partial charge in [-0.05, 0) is 17.7 Å². The quantitative estimate of drug-likeness (QED) is 0.443. The molecule has 0 spiro atoms. The van der Waals surface area contributed by atoms with Crippen LogP contribution in [0.1, 0.15) is 18.4 Å². The minimum absolute atomic E-state index is 0.128. The fourth-order valence-electron chi connectivity index (χ4n) is 2.21. The molecule has 27 heavy (non-hydrogen) atoms. The van der Waals surface area contributed by atoms with Crippen LogP contribution in [0.5, 0.6) is 0 Å². The molecule has 0 fully saturated rings. The Kier molecular flexibility index (Phi) is 6.44. The van der Waals surface area contributed by atoms with Crippen molar-refractivity contribution >= 4 is 29.0 Å². The molecular formula is C17H15N7O3. The Morgan fingerprint density at radius 2 is 2.00 bits per heavy atom. The Balaban J connectivity index is 2.11. The van der Waals surface area contributed by atoms with Gasteiger partial charge in [-0.25, -0.2) is 5.43 Å². The highest BCUT2D eigenvalue weighted by atomic mass is 16.5.